The second-order valence-corrected chi connectivity index (χ2v) is 7.85. The van der Waals surface area contributed by atoms with Crippen LogP contribution < -0.4 is 16.4 Å². The van der Waals surface area contributed by atoms with Crippen molar-refractivity contribution >= 4 is 11.6 Å². The summed E-state index contributed by atoms with van der Waals surface area (Å²) in [5, 5.41) is 6.55. The number of nitrogens with two attached hydrogens (primary N) is 1. The number of anilines is 1. The van der Waals surface area contributed by atoms with E-state index in [1.54, 1.807) is 0 Å². The molecule has 25 heavy (non-hydrogen) atoms. The van der Waals surface area contributed by atoms with E-state index in [-0.39, 0.29) is 11.8 Å². The van der Waals surface area contributed by atoms with E-state index in [1.165, 1.54) is 18.4 Å². The molecule has 0 heterocycles. The van der Waals surface area contributed by atoms with Gasteiger partial charge in [-0.05, 0) is 48.6 Å². The van der Waals surface area contributed by atoms with Gasteiger partial charge in [-0.15, -0.1) is 0 Å². The van der Waals surface area contributed by atoms with Crippen molar-refractivity contribution in [2.45, 2.75) is 46.5 Å². The van der Waals surface area contributed by atoms with Gasteiger partial charge in [-0.25, -0.2) is 0 Å². The van der Waals surface area contributed by atoms with E-state index in [0.717, 1.165) is 25.1 Å². The maximum Gasteiger partial charge on any atom is 0.223 e. The SMILES string of the molecule is CC1CCC(C(C)C)C(C(=O)NCCc2ccccc2NCCN)C1. The van der Waals surface area contributed by atoms with Gasteiger partial charge < -0.3 is 16.4 Å². The van der Waals surface area contributed by atoms with Crippen LogP contribution >= 0.6 is 0 Å². The summed E-state index contributed by atoms with van der Waals surface area (Å²) in [4.78, 5) is 12.8. The largest absolute Gasteiger partial charge is 0.384 e. The first-order valence-electron chi connectivity index (χ1n) is 9.82. The monoisotopic (exact) mass is 345 g/mol. The third-order valence-electron chi connectivity index (χ3n) is 5.53. The summed E-state index contributed by atoms with van der Waals surface area (Å²) in [7, 11) is 0. The van der Waals surface area contributed by atoms with Gasteiger partial charge in [0.1, 0.15) is 0 Å². The van der Waals surface area contributed by atoms with Gasteiger partial charge in [0.2, 0.25) is 5.91 Å². The number of para-hydroxylation sites is 1. The van der Waals surface area contributed by atoms with Gasteiger partial charge in [0.05, 0.1) is 0 Å². The van der Waals surface area contributed by atoms with Gasteiger partial charge in [-0.2, -0.15) is 0 Å². The number of carbonyl (C=O) groups excluding carboxylic acids is 1. The van der Waals surface area contributed by atoms with Crippen LogP contribution in [0.1, 0.15) is 45.6 Å². The Labute approximate surface area is 153 Å². The number of rotatable bonds is 8. The van der Waals surface area contributed by atoms with E-state index in [4.69, 9.17) is 5.73 Å². The maximum absolute atomic E-state index is 12.8. The minimum absolute atomic E-state index is 0.175. The molecule has 0 radical (unpaired) electrons. The third-order valence-corrected chi connectivity index (χ3v) is 5.53. The van der Waals surface area contributed by atoms with Crippen LogP contribution in [0, 0.1) is 23.7 Å². The first-order valence-corrected chi connectivity index (χ1v) is 9.82. The lowest BCUT2D eigenvalue weighted by Crippen LogP contribution is -2.40. The molecular weight excluding hydrogens is 310 g/mol. The average Bonchev–Trinajstić information content (AvgIpc) is 2.60. The highest BCUT2D eigenvalue weighted by Gasteiger charge is 2.35. The molecule has 140 valence electrons. The minimum Gasteiger partial charge on any atom is -0.384 e. The van der Waals surface area contributed by atoms with Crippen molar-refractivity contribution in [2.75, 3.05) is 25.0 Å². The lowest BCUT2D eigenvalue weighted by Gasteiger charge is -2.36. The quantitative estimate of drug-likeness (QED) is 0.676. The summed E-state index contributed by atoms with van der Waals surface area (Å²) >= 11 is 0. The molecule has 4 nitrogen and oxygen atoms in total. The molecule has 0 aromatic heterocycles. The zero-order valence-corrected chi connectivity index (χ0v) is 16.1. The van der Waals surface area contributed by atoms with Crippen LogP contribution in [0.4, 0.5) is 5.69 Å². The molecule has 0 aliphatic heterocycles. The van der Waals surface area contributed by atoms with Crippen molar-refractivity contribution in [2.24, 2.45) is 29.4 Å². The Morgan fingerprint density at radius 3 is 2.72 bits per heavy atom. The van der Waals surface area contributed by atoms with E-state index >= 15 is 0 Å². The van der Waals surface area contributed by atoms with E-state index in [1.807, 2.05) is 12.1 Å². The Hall–Kier alpha value is -1.55. The molecule has 4 heteroatoms. The first-order chi connectivity index (χ1) is 12.0. The average molecular weight is 346 g/mol. The molecule has 0 bridgehead atoms. The van der Waals surface area contributed by atoms with Crippen LogP contribution in [0.3, 0.4) is 0 Å². The lowest BCUT2D eigenvalue weighted by atomic mass is 9.70. The number of hydrogen-bond acceptors (Lipinski definition) is 3. The van der Waals surface area contributed by atoms with Crippen molar-refractivity contribution in [1.29, 1.82) is 0 Å². The molecule has 1 amide bonds. The van der Waals surface area contributed by atoms with E-state index in [0.29, 0.717) is 30.8 Å². The maximum atomic E-state index is 12.8. The fraction of sp³-hybridized carbons (Fsp3) is 0.667. The van der Waals surface area contributed by atoms with Gasteiger partial charge in [0.25, 0.3) is 0 Å². The van der Waals surface area contributed by atoms with Crippen LogP contribution in [-0.4, -0.2) is 25.5 Å². The summed E-state index contributed by atoms with van der Waals surface area (Å²) in [5.74, 6) is 2.18. The number of carbonyl (C=O) groups is 1. The molecule has 1 aromatic rings. The summed E-state index contributed by atoms with van der Waals surface area (Å²) in [5.41, 5.74) is 7.93. The van der Waals surface area contributed by atoms with Crippen molar-refractivity contribution in [3.05, 3.63) is 29.8 Å². The standard InChI is InChI=1S/C21H35N3O/c1-15(2)18-9-8-16(3)14-19(18)21(25)24-12-10-17-6-4-5-7-20(17)23-13-11-22/h4-7,15-16,18-19,23H,8-14,22H2,1-3H3,(H,24,25). The third kappa shape index (κ3) is 5.74. The highest BCUT2D eigenvalue weighted by molar-refractivity contribution is 5.79. The second kappa shape index (κ2) is 9.81. The number of nitrogens with one attached hydrogen (secondary N) is 2. The van der Waals surface area contributed by atoms with Crippen molar-refractivity contribution in [3.63, 3.8) is 0 Å². The molecule has 0 saturated heterocycles. The van der Waals surface area contributed by atoms with Crippen LogP contribution in [0.25, 0.3) is 0 Å². The van der Waals surface area contributed by atoms with E-state index < -0.39 is 0 Å². The van der Waals surface area contributed by atoms with Crippen LogP contribution in [-0.2, 0) is 11.2 Å². The topological polar surface area (TPSA) is 67.2 Å². The molecule has 1 fully saturated rings. The van der Waals surface area contributed by atoms with Crippen LogP contribution in [0.15, 0.2) is 24.3 Å². The summed E-state index contributed by atoms with van der Waals surface area (Å²) < 4.78 is 0. The van der Waals surface area contributed by atoms with Crippen LogP contribution in [0.5, 0.6) is 0 Å². The Morgan fingerprint density at radius 2 is 2.00 bits per heavy atom. The zero-order valence-electron chi connectivity index (χ0n) is 16.1. The van der Waals surface area contributed by atoms with Gasteiger partial charge in [-0.1, -0.05) is 45.4 Å². The fourth-order valence-electron chi connectivity index (χ4n) is 4.07. The molecule has 1 aromatic carbocycles. The molecule has 4 N–H and O–H groups in total. The highest BCUT2D eigenvalue weighted by Crippen LogP contribution is 2.38. The van der Waals surface area contributed by atoms with Gasteiger partial charge in [0, 0.05) is 31.2 Å². The Morgan fingerprint density at radius 1 is 1.24 bits per heavy atom. The van der Waals surface area contributed by atoms with Crippen molar-refractivity contribution in [3.8, 4) is 0 Å². The molecule has 2 rings (SSSR count). The molecule has 3 unspecified atom stereocenters. The first kappa shape index (κ1) is 19.8. The highest BCUT2D eigenvalue weighted by atomic mass is 16.1. The van der Waals surface area contributed by atoms with Crippen molar-refractivity contribution < 1.29 is 4.79 Å². The molecule has 1 saturated carbocycles. The van der Waals surface area contributed by atoms with Crippen LogP contribution in [0.2, 0.25) is 0 Å². The molecule has 1 aliphatic carbocycles. The van der Waals surface area contributed by atoms with Gasteiger partial charge in [0.15, 0.2) is 0 Å². The zero-order chi connectivity index (χ0) is 18.2. The predicted octanol–water partition coefficient (Wildman–Crippen LogP) is 3.42. The van der Waals surface area contributed by atoms with E-state index in [2.05, 4.69) is 43.5 Å². The Balaban J connectivity index is 1.89. The lowest BCUT2D eigenvalue weighted by molar-refractivity contribution is -0.129. The van der Waals surface area contributed by atoms with E-state index in [9.17, 15) is 4.79 Å². The molecule has 0 spiro atoms. The number of amides is 1. The predicted molar refractivity (Wildman–Crippen MR) is 106 cm³/mol. The number of hydrogen-bond donors (Lipinski definition) is 3. The second-order valence-electron chi connectivity index (χ2n) is 7.85. The molecule has 3 atom stereocenters. The van der Waals surface area contributed by atoms with Crippen molar-refractivity contribution in [1.82, 2.24) is 5.32 Å². The summed E-state index contributed by atoms with van der Waals surface area (Å²) in [6.07, 6.45) is 4.31. The van der Waals surface area contributed by atoms with Gasteiger partial charge in [-0.3, -0.25) is 4.79 Å². The molecule has 1 aliphatic rings. The Bertz CT molecular complexity index is 544. The number of benzene rings is 1. The summed E-state index contributed by atoms with van der Waals surface area (Å²) in [6.45, 7) is 8.84. The molecular formula is C21H35N3O. The fourth-order valence-corrected chi connectivity index (χ4v) is 4.07. The normalized spacial score (nSPS) is 23.5. The van der Waals surface area contributed by atoms with Gasteiger partial charge >= 0.3 is 0 Å². The summed E-state index contributed by atoms with van der Waals surface area (Å²) in [6, 6.07) is 8.26. The smallest absolute Gasteiger partial charge is 0.223 e. The minimum atomic E-state index is 0.175. The Kier molecular flexibility index (Phi) is 7.76.